The molecule has 0 saturated carbocycles. The molecule has 6 nitrogen and oxygen atoms in total. The molecular weight excluding hydrogens is 741 g/mol. The molecule has 2 heterocycles. The first-order chi connectivity index (χ1) is 29.3. The molecule has 0 spiro atoms. The fourth-order valence-corrected chi connectivity index (χ4v) is 4.36. The summed E-state index contributed by atoms with van der Waals surface area (Å²) in [6, 6.07) is 38.4. The lowest BCUT2D eigenvalue weighted by molar-refractivity contribution is -0.121. The Hall–Kier alpha value is -5.36. The van der Waals surface area contributed by atoms with Gasteiger partial charge < -0.3 is 0 Å². The summed E-state index contributed by atoms with van der Waals surface area (Å²) in [4.78, 5) is 47.1. The molecule has 7 rings (SSSR count). The highest BCUT2D eigenvalue weighted by atomic mass is 16.2. The maximum absolute atomic E-state index is 11.2. The third-order valence-corrected chi connectivity index (χ3v) is 6.32. The van der Waals surface area contributed by atoms with Crippen LogP contribution < -0.4 is 9.80 Å². The minimum absolute atomic E-state index is 0.281. The molecule has 4 aromatic rings. The molecule has 0 atom stereocenters. The van der Waals surface area contributed by atoms with Crippen LogP contribution in [0.4, 0.5) is 11.4 Å². The van der Waals surface area contributed by atoms with E-state index >= 15 is 0 Å². The highest BCUT2D eigenvalue weighted by molar-refractivity contribution is 6.28. The van der Waals surface area contributed by atoms with Gasteiger partial charge in [-0.2, -0.15) is 0 Å². The van der Waals surface area contributed by atoms with E-state index in [2.05, 4.69) is 65.8 Å². The van der Waals surface area contributed by atoms with E-state index in [0.29, 0.717) is 11.4 Å². The first-order valence-electron chi connectivity index (χ1n) is 22.6. The fraction of sp³-hybridized carbons (Fsp3) is 0.407. The Balaban J connectivity index is -0.000000201. The SMILES string of the molecule is CC.CC.CC.CC.CC.CCC.CCC.CCC.O=C1C=CC(=O)N1c1ccccc1.O=C1C=CC(=O)N1c1ccccc1.c1ccc2c(c1)CCC2.c1ccccc1. The smallest absolute Gasteiger partial charge is 0.258 e. The molecule has 0 bridgehead atoms. The summed E-state index contributed by atoms with van der Waals surface area (Å²) >= 11 is 0. The van der Waals surface area contributed by atoms with Gasteiger partial charge in [0, 0.05) is 24.3 Å². The molecule has 6 heteroatoms. The van der Waals surface area contributed by atoms with Crippen molar-refractivity contribution in [2.75, 3.05) is 9.80 Å². The lowest BCUT2D eigenvalue weighted by Crippen LogP contribution is -2.29. The van der Waals surface area contributed by atoms with Crippen molar-refractivity contribution in [3.8, 4) is 0 Å². The van der Waals surface area contributed by atoms with Crippen LogP contribution in [0, 0.1) is 0 Å². The monoisotopic (exact) mass is 825 g/mol. The van der Waals surface area contributed by atoms with Crippen LogP contribution in [0.1, 0.15) is 148 Å². The first kappa shape index (κ1) is 63.8. The predicted molar refractivity (Wildman–Crippen MR) is 266 cm³/mol. The molecule has 0 N–H and O–H groups in total. The van der Waals surface area contributed by atoms with Crippen molar-refractivity contribution >= 4 is 35.0 Å². The second kappa shape index (κ2) is 49.8. The molecule has 1 aliphatic carbocycles. The number of aryl methyl sites for hydroxylation is 2. The van der Waals surface area contributed by atoms with E-state index in [4.69, 9.17) is 0 Å². The highest BCUT2D eigenvalue weighted by Crippen LogP contribution is 2.20. The quantitative estimate of drug-likeness (QED) is 0.189. The molecule has 2 aliphatic heterocycles. The Labute approximate surface area is 368 Å². The molecule has 4 amide bonds. The van der Waals surface area contributed by atoms with Gasteiger partial charge in [0.25, 0.3) is 23.6 Å². The summed E-state index contributed by atoms with van der Waals surface area (Å²) in [5.41, 5.74) is 4.36. The van der Waals surface area contributed by atoms with E-state index in [0.717, 1.165) is 9.80 Å². The molecule has 334 valence electrons. The number of para-hydroxylation sites is 2. The van der Waals surface area contributed by atoms with Gasteiger partial charge in [-0.1, -0.05) is 227 Å². The Kier molecular flexibility index (Phi) is 52.9. The molecule has 0 aromatic heterocycles. The first-order valence-corrected chi connectivity index (χ1v) is 22.6. The number of nitrogens with zero attached hydrogens (tertiary/aromatic N) is 2. The molecule has 0 fully saturated rings. The zero-order valence-corrected chi connectivity index (χ0v) is 40.6. The largest absolute Gasteiger partial charge is 0.269 e. The number of hydrogen-bond donors (Lipinski definition) is 0. The van der Waals surface area contributed by atoms with Gasteiger partial charge in [0.1, 0.15) is 0 Å². The van der Waals surface area contributed by atoms with Crippen LogP contribution >= 0.6 is 0 Å². The fourth-order valence-electron chi connectivity index (χ4n) is 4.36. The number of carbonyl (C=O) groups is 4. The van der Waals surface area contributed by atoms with E-state index in [1.54, 1.807) is 59.7 Å². The van der Waals surface area contributed by atoms with Crippen LogP contribution in [0.2, 0.25) is 0 Å². The number of amides is 4. The zero-order chi connectivity index (χ0) is 47.0. The van der Waals surface area contributed by atoms with Gasteiger partial charge in [0.15, 0.2) is 0 Å². The molecule has 60 heavy (non-hydrogen) atoms. The van der Waals surface area contributed by atoms with Gasteiger partial charge in [0.2, 0.25) is 0 Å². The summed E-state index contributed by atoms with van der Waals surface area (Å²) in [6.07, 6.45) is 12.8. The van der Waals surface area contributed by atoms with Crippen LogP contribution in [0.3, 0.4) is 0 Å². The number of anilines is 2. The van der Waals surface area contributed by atoms with Gasteiger partial charge in [-0.25, -0.2) is 9.80 Å². The van der Waals surface area contributed by atoms with Crippen molar-refractivity contribution < 1.29 is 19.2 Å². The summed E-state index contributed by atoms with van der Waals surface area (Å²) in [5.74, 6) is -1.13. The molecule has 4 aromatic carbocycles. The van der Waals surface area contributed by atoms with Crippen LogP contribution in [-0.4, -0.2) is 23.6 Å². The van der Waals surface area contributed by atoms with E-state index < -0.39 is 0 Å². The number of fused-ring (bicyclic) bond motifs is 1. The summed E-state index contributed by atoms with van der Waals surface area (Å²) in [6.45, 7) is 32.8. The average molecular weight is 825 g/mol. The second-order valence-corrected chi connectivity index (χ2v) is 11.3. The van der Waals surface area contributed by atoms with Crippen LogP contribution in [0.5, 0.6) is 0 Å². The average Bonchev–Trinajstić information content (AvgIpc) is 4.04. The number of benzene rings is 4. The van der Waals surface area contributed by atoms with Crippen molar-refractivity contribution in [3.05, 3.63) is 157 Å². The Morgan fingerprint density at radius 2 is 0.517 bits per heavy atom. The minimum atomic E-state index is -0.281. The normalized spacial score (nSPS) is 11.3. The predicted octanol–water partition coefficient (Wildman–Crippen LogP) is 15.5. The summed E-state index contributed by atoms with van der Waals surface area (Å²) < 4.78 is 0. The number of carbonyl (C=O) groups excluding carboxylic acids is 4. The van der Waals surface area contributed by atoms with Crippen LogP contribution in [0.15, 0.2) is 146 Å². The van der Waals surface area contributed by atoms with Gasteiger partial charge in [-0.3, -0.25) is 19.2 Å². The zero-order valence-electron chi connectivity index (χ0n) is 40.6. The van der Waals surface area contributed by atoms with E-state index in [1.807, 2.05) is 118 Å². The van der Waals surface area contributed by atoms with E-state index in [-0.39, 0.29) is 23.6 Å². The number of hydrogen-bond acceptors (Lipinski definition) is 4. The van der Waals surface area contributed by atoms with Crippen molar-refractivity contribution in [3.63, 3.8) is 0 Å². The van der Waals surface area contributed by atoms with Gasteiger partial charge in [0.05, 0.1) is 11.4 Å². The Morgan fingerprint density at radius 1 is 0.333 bits per heavy atom. The maximum atomic E-state index is 11.2. The maximum Gasteiger partial charge on any atom is 0.258 e. The Bertz CT molecular complexity index is 1420. The van der Waals surface area contributed by atoms with Crippen molar-refractivity contribution in [1.29, 1.82) is 0 Å². The lowest BCUT2D eigenvalue weighted by Gasteiger charge is -2.12. The van der Waals surface area contributed by atoms with E-state index in [1.165, 1.54) is 62.8 Å². The van der Waals surface area contributed by atoms with Crippen LogP contribution in [-0.2, 0) is 32.0 Å². The number of imide groups is 2. The van der Waals surface area contributed by atoms with Crippen molar-refractivity contribution in [2.45, 2.75) is 149 Å². The van der Waals surface area contributed by atoms with Crippen molar-refractivity contribution in [1.82, 2.24) is 0 Å². The van der Waals surface area contributed by atoms with Gasteiger partial charge in [-0.15, -0.1) is 0 Å². The number of rotatable bonds is 2. The molecular formula is C54H84N2O4. The standard InChI is InChI=1S/2C10H7NO2.C9H10.C6H6.3C3H8.5C2H6/c2*12-9-6-7-10(13)11(9)8-4-2-1-3-5-8;1-2-5-9-7-3-6-8(9)4-1;1-2-4-6-5-3-1;3*1-3-2;5*1-2/h2*1-7H;1-2,4-5H,3,6-7H2;1-6H;3*3H2,1-2H3;5*1-2H3. The summed E-state index contributed by atoms with van der Waals surface area (Å²) in [7, 11) is 0. The second-order valence-electron chi connectivity index (χ2n) is 11.3. The van der Waals surface area contributed by atoms with E-state index in [9.17, 15) is 19.2 Å². The molecule has 0 saturated heterocycles. The molecule has 0 radical (unpaired) electrons. The van der Waals surface area contributed by atoms with Crippen LogP contribution in [0.25, 0.3) is 0 Å². The third kappa shape index (κ3) is 30.7. The Morgan fingerprint density at radius 3 is 0.733 bits per heavy atom. The lowest BCUT2D eigenvalue weighted by atomic mass is 10.1. The molecule has 0 unspecified atom stereocenters. The van der Waals surface area contributed by atoms with Crippen molar-refractivity contribution in [2.24, 2.45) is 0 Å². The highest BCUT2D eigenvalue weighted by Gasteiger charge is 2.25. The molecule has 3 aliphatic rings. The summed E-state index contributed by atoms with van der Waals surface area (Å²) in [5, 5.41) is 0. The minimum Gasteiger partial charge on any atom is -0.269 e. The third-order valence-electron chi connectivity index (χ3n) is 6.32. The van der Waals surface area contributed by atoms with Gasteiger partial charge >= 0.3 is 0 Å². The topological polar surface area (TPSA) is 74.8 Å². The van der Waals surface area contributed by atoms with Gasteiger partial charge in [-0.05, 0) is 54.7 Å².